The molecule has 0 aliphatic carbocycles. The van der Waals surface area contributed by atoms with Gasteiger partial charge in [0.15, 0.2) is 0 Å². The maximum atomic E-state index is 11.8. The van der Waals surface area contributed by atoms with E-state index in [1.807, 2.05) is 24.3 Å². The molecule has 0 atom stereocenters. The molecule has 5 nitrogen and oxygen atoms in total. The highest BCUT2D eigenvalue weighted by Gasteiger charge is 2.18. The Morgan fingerprint density at radius 2 is 2.00 bits per heavy atom. The second-order valence-electron chi connectivity index (χ2n) is 4.84. The van der Waals surface area contributed by atoms with Crippen LogP contribution in [0.1, 0.15) is 24.8 Å². The van der Waals surface area contributed by atoms with Gasteiger partial charge in [-0.15, -0.1) is 0 Å². The third-order valence-electron chi connectivity index (χ3n) is 3.31. The quantitative estimate of drug-likeness (QED) is 0.659. The summed E-state index contributed by atoms with van der Waals surface area (Å²) in [6, 6.07) is 7.49. The maximum Gasteiger partial charge on any atom is 0.244 e. The van der Waals surface area contributed by atoms with E-state index >= 15 is 0 Å². The minimum Gasteiger partial charge on any atom is -0.346 e. The first kappa shape index (κ1) is 15.0. The first-order chi connectivity index (χ1) is 10.2. The highest BCUT2D eigenvalue weighted by Crippen LogP contribution is 2.21. The molecule has 1 aromatic carbocycles. The fourth-order valence-electron chi connectivity index (χ4n) is 2.22. The van der Waals surface area contributed by atoms with Gasteiger partial charge in [-0.25, -0.2) is 0 Å². The van der Waals surface area contributed by atoms with E-state index in [-0.39, 0.29) is 18.4 Å². The Morgan fingerprint density at radius 1 is 1.24 bits per heavy atom. The van der Waals surface area contributed by atoms with Crippen molar-refractivity contribution in [3.8, 4) is 0 Å². The second-order valence-corrected chi connectivity index (χ2v) is 4.84. The average Bonchev–Trinajstić information content (AvgIpc) is 2.52. The molecule has 1 N–H and O–H groups in total. The minimum atomic E-state index is -0.308. The van der Waals surface area contributed by atoms with Gasteiger partial charge < -0.3 is 15.0 Å². The summed E-state index contributed by atoms with van der Waals surface area (Å²) in [5.41, 5.74) is 1.76. The van der Waals surface area contributed by atoms with Crippen LogP contribution in [-0.4, -0.2) is 31.2 Å². The van der Waals surface area contributed by atoms with Crippen LogP contribution in [0.4, 0.5) is 5.69 Å². The molecule has 1 aliphatic heterocycles. The summed E-state index contributed by atoms with van der Waals surface area (Å²) in [4.78, 5) is 35.1. The van der Waals surface area contributed by atoms with Crippen LogP contribution in [0.25, 0.3) is 6.08 Å². The summed E-state index contributed by atoms with van der Waals surface area (Å²) in [5.74, 6) is -0.143. The third kappa shape index (κ3) is 4.27. The monoisotopic (exact) mass is 286 g/mol. The van der Waals surface area contributed by atoms with Gasteiger partial charge in [-0.1, -0.05) is 12.1 Å². The standard InChI is InChI=1S/C16H18N2O3/c19-12-10-17-15(20)9-6-13-4-7-14(8-5-13)18-11-2-1-3-16(18)21/h4-9,12H,1-3,10-11H2,(H,17,20). The highest BCUT2D eigenvalue weighted by atomic mass is 16.2. The lowest BCUT2D eigenvalue weighted by Gasteiger charge is -2.26. The number of benzene rings is 1. The lowest BCUT2D eigenvalue weighted by molar-refractivity contribution is -0.119. The van der Waals surface area contributed by atoms with Crippen molar-refractivity contribution in [3.63, 3.8) is 0 Å². The second kappa shape index (κ2) is 7.38. The van der Waals surface area contributed by atoms with Crippen LogP contribution >= 0.6 is 0 Å². The molecule has 0 bridgehead atoms. The van der Waals surface area contributed by atoms with Gasteiger partial charge in [-0.05, 0) is 36.6 Å². The molecule has 2 amide bonds. The van der Waals surface area contributed by atoms with Crippen LogP contribution in [0.3, 0.4) is 0 Å². The van der Waals surface area contributed by atoms with Crippen molar-refractivity contribution in [2.24, 2.45) is 0 Å². The van der Waals surface area contributed by atoms with E-state index in [1.165, 1.54) is 6.08 Å². The van der Waals surface area contributed by atoms with Crippen molar-refractivity contribution in [2.45, 2.75) is 19.3 Å². The number of rotatable bonds is 5. The molecule has 21 heavy (non-hydrogen) atoms. The van der Waals surface area contributed by atoms with Crippen LogP contribution in [0, 0.1) is 0 Å². The van der Waals surface area contributed by atoms with Gasteiger partial charge in [-0.3, -0.25) is 9.59 Å². The van der Waals surface area contributed by atoms with Gasteiger partial charge in [0.1, 0.15) is 6.29 Å². The van der Waals surface area contributed by atoms with E-state index in [1.54, 1.807) is 11.0 Å². The summed E-state index contributed by atoms with van der Waals surface area (Å²) < 4.78 is 0. The summed E-state index contributed by atoms with van der Waals surface area (Å²) in [6.07, 6.45) is 6.29. The van der Waals surface area contributed by atoms with Crippen molar-refractivity contribution in [1.29, 1.82) is 0 Å². The molecule has 110 valence electrons. The van der Waals surface area contributed by atoms with Gasteiger partial charge in [0.05, 0.1) is 6.54 Å². The first-order valence-electron chi connectivity index (χ1n) is 7.00. The van der Waals surface area contributed by atoms with Gasteiger partial charge in [0.2, 0.25) is 11.8 Å². The molecule has 0 radical (unpaired) electrons. The van der Waals surface area contributed by atoms with Crippen molar-refractivity contribution >= 4 is 29.9 Å². The van der Waals surface area contributed by atoms with Crippen LogP contribution in [0.2, 0.25) is 0 Å². The molecule has 1 saturated heterocycles. The van der Waals surface area contributed by atoms with Crippen molar-refractivity contribution in [1.82, 2.24) is 5.32 Å². The molecule has 0 spiro atoms. The minimum absolute atomic E-state index is 0.0131. The summed E-state index contributed by atoms with van der Waals surface area (Å²) in [6.45, 7) is 0.779. The van der Waals surface area contributed by atoms with Crippen molar-refractivity contribution < 1.29 is 14.4 Å². The van der Waals surface area contributed by atoms with E-state index < -0.39 is 0 Å². The molecule has 5 heteroatoms. The van der Waals surface area contributed by atoms with E-state index in [0.29, 0.717) is 12.7 Å². The smallest absolute Gasteiger partial charge is 0.244 e. The Bertz CT molecular complexity index is 549. The lowest BCUT2D eigenvalue weighted by atomic mass is 10.1. The van der Waals surface area contributed by atoms with Crippen molar-refractivity contribution in [3.05, 3.63) is 35.9 Å². The van der Waals surface area contributed by atoms with E-state index in [2.05, 4.69) is 5.32 Å². The number of anilines is 1. The van der Waals surface area contributed by atoms with Gasteiger partial charge in [-0.2, -0.15) is 0 Å². The molecule has 1 fully saturated rings. The zero-order chi connectivity index (χ0) is 15.1. The molecular formula is C16H18N2O3. The number of nitrogens with zero attached hydrogens (tertiary/aromatic N) is 1. The number of nitrogens with one attached hydrogen (secondary N) is 1. The third-order valence-corrected chi connectivity index (χ3v) is 3.31. The predicted octanol–water partition coefficient (Wildman–Crippen LogP) is 1.53. The summed E-state index contributed by atoms with van der Waals surface area (Å²) >= 11 is 0. The number of hydrogen-bond acceptors (Lipinski definition) is 3. The van der Waals surface area contributed by atoms with Crippen LogP contribution in [0.15, 0.2) is 30.3 Å². The molecule has 0 saturated carbocycles. The van der Waals surface area contributed by atoms with Crippen molar-refractivity contribution in [2.75, 3.05) is 18.0 Å². The van der Waals surface area contributed by atoms with Gasteiger partial charge in [0.25, 0.3) is 0 Å². The maximum absolute atomic E-state index is 11.8. The topological polar surface area (TPSA) is 66.5 Å². The average molecular weight is 286 g/mol. The molecule has 0 aromatic heterocycles. The van der Waals surface area contributed by atoms with Gasteiger partial charge >= 0.3 is 0 Å². The fraction of sp³-hybridized carbons (Fsp3) is 0.312. The number of piperidine rings is 1. The Labute approximate surface area is 123 Å². The Morgan fingerprint density at radius 3 is 2.67 bits per heavy atom. The Kier molecular flexibility index (Phi) is 5.26. The van der Waals surface area contributed by atoms with E-state index in [9.17, 15) is 14.4 Å². The Hall–Kier alpha value is -2.43. The van der Waals surface area contributed by atoms with E-state index in [0.717, 1.165) is 30.6 Å². The number of hydrogen-bond donors (Lipinski definition) is 1. The zero-order valence-electron chi connectivity index (χ0n) is 11.7. The SMILES string of the molecule is O=CCNC(=O)C=Cc1ccc(N2CCCCC2=O)cc1. The molecule has 2 rings (SSSR count). The molecule has 1 aliphatic rings. The highest BCUT2D eigenvalue weighted by molar-refractivity contribution is 5.94. The molecular weight excluding hydrogens is 268 g/mol. The van der Waals surface area contributed by atoms with Crippen LogP contribution in [0.5, 0.6) is 0 Å². The largest absolute Gasteiger partial charge is 0.346 e. The summed E-state index contributed by atoms with van der Waals surface area (Å²) in [5, 5.41) is 2.42. The normalized spacial score (nSPS) is 15.2. The number of amides is 2. The van der Waals surface area contributed by atoms with Crippen LogP contribution in [-0.2, 0) is 14.4 Å². The first-order valence-corrected chi connectivity index (χ1v) is 7.00. The molecule has 1 aromatic rings. The lowest BCUT2D eigenvalue weighted by Crippen LogP contribution is -2.35. The zero-order valence-corrected chi connectivity index (χ0v) is 11.7. The Balaban J connectivity index is 1.98. The fourth-order valence-corrected chi connectivity index (χ4v) is 2.22. The predicted molar refractivity (Wildman–Crippen MR) is 80.8 cm³/mol. The van der Waals surface area contributed by atoms with Crippen LogP contribution < -0.4 is 10.2 Å². The number of carbonyl (C=O) groups excluding carboxylic acids is 3. The number of aldehydes is 1. The molecule has 1 heterocycles. The summed E-state index contributed by atoms with van der Waals surface area (Å²) in [7, 11) is 0. The number of carbonyl (C=O) groups is 3. The molecule has 0 unspecified atom stereocenters. The van der Waals surface area contributed by atoms with E-state index in [4.69, 9.17) is 0 Å². The van der Waals surface area contributed by atoms with Gasteiger partial charge in [0, 0.05) is 24.7 Å².